The van der Waals surface area contributed by atoms with Gasteiger partial charge in [0.05, 0.1) is 21.3 Å². The molecule has 1 unspecified atom stereocenters. The Morgan fingerprint density at radius 1 is 1.21 bits per heavy atom. The van der Waals surface area contributed by atoms with Crippen molar-refractivity contribution in [3.05, 3.63) is 58.1 Å². The Morgan fingerprint density at radius 2 is 1.95 bits per heavy atom. The third-order valence-electron chi connectivity index (χ3n) is 2.78. The Kier molecular flexibility index (Phi) is 4.04. The smallest absolute Gasteiger partial charge is 0.101 e. The highest BCUT2D eigenvalue weighted by Gasteiger charge is 2.14. The van der Waals surface area contributed by atoms with E-state index in [-0.39, 0.29) is 0 Å². The van der Waals surface area contributed by atoms with E-state index in [0.29, 0.717) is 20.4 Å². The van der Waals surface area contributed by atoms with Crippen LogP contribution in [-0.4, -0.2) is 4.21 Å². The Labute approximate surface area is 120 Å². The lowest BCUT2D eigenvalue weighted by Gasteiger charge is -2.08. The van der Waals surface area contributed by atoms with Crippen LogP contribution in [0.15, 0.2) is 46.2 Å². The van der Waals surface area contributed by atoms with E-state index >= 15 is 0 Å². The molecule has 0 amide bonds. The number of aryl methyl sites for hydroxylation is 2. The zero-order valence-corrected chi connectivity index (χ0v) is 12.2. The van der Waals surface area contributed by atoms with Gasteiger partial charge in [-0.1, -0.05) is 23.7 Å². The first-order chi connectivity index (χ1) is 9.02. The summed E-state index contributed by atoms with van der Waals surface area (Å²) < 4.78 is 12.6. The minimum Gasteiger partial charge on any atom is -0.249 e. The fourth-order valence-electron chi connectivity index (χ4n) is 1.88. The molecule has 2 aromatic rings. The van der Waals surface area contributed by atoms with Crippen molar-refractivity contribution in [1.82, 2.24) is 0 Å². The molecule has 0 aliphatic rings. The number of hydrogen-bond acceptors (Lipinski definition) is 2. The summed E-state index contributed by atoms with van der Waals surface area (Å²) >= 11 is 5.99. The lowest BCUT2D eigenvalue weighted by molar-refractivity contribution is 0.683. The third-order valence-corrected chi connectivity index (χ3v) is 4.40. The van der Waals surface area contributed by atoms with E-state index in [4.69, 9.17) is 11.6 Å². The van der Waals surface area contributed by atoms with Gasteiger partial charge in [0, 0.05) is 9.92 Å². The van der Waals surface area contributed by atoms with Gasteiger partial charge in [-0.25, -0.2) is 4.21 Å². The molecule has 19 heavy (non-hydrogen) atoms. The van der Waals surface area contributed by atoms with Gasteiger partial charge in [-0.3, -0.25) is 0 Å². The van der Waals surface area contributed by atoms with Crippen LogP contribution in [0, 0.1) is 25.2 Å². The molecule has 0 heterocycles. The van der Waals surface area contributed by atoms with E-state index in [1.54, 1.807) is 18.2 Å². The lowest BCUT2D eigenvalue weighted by atomic mass is 10.1. The van der Waals surface area contributed by atoms with Gasteiger partial charge in [0.2, 0.25) is 0 Å². The van der Waals surface area contributed by atoms with Gasteiger partial charge in [-0.05, 0) is 49.2 Å². The van der Waals surface area contributed by atoms with E-state index in [1.165, 1.54) is 0 Å². The molecule has 0 N–H and O–H groups in total. The van der Waals surface area contributed by atoms with Gasteiger partial charge < -0.3 is 0 Å². The average Bonchev–Trinajstić information content (AvgIpc) is 2.36. The molecule has 0 aliphatic carbocycles. The van der Waals surface area contributed by atoms with Crippen molar-refractivity contribution >= 4 is 22.4 Å². The molecule has 2 rings (SSSR count). The molecule has 0 saturated heterocycles. The van der Waals surface area contributed by atoms with Gasteiger partial charge in [0.25, 0.3) is 0 Å². The van der Waals surface area contributed by atoms with Crippen LogP contribution in [-0.2, 0) is 10.8 Å². The van der Waals surface area contributed by atoms with Gasteiger partial charge in [-0.15, -0.1) is 0 Å². The molecule has 0 aliphatic heterocycles. The topological polar surface area (TPSA) is 40.9 Å². The summed E-state index contributed by atoms with van der Waals surface area (Å²) in [6, 6.07) is 12.8. The standard InChI is InChI=1S/C15H12ClNOS/c1-10-6-12(16)8-13(7-10)19(18)15-5-3-4-11(2)14(15)9-17/h3-8H,1-2H3. The maximum atomic E-state index is 12.6. The number of halogens is 1. The minimum atomic E-state index is -1.40. The zero-order valence-electron chi connectivity index (χ0n) is 10.6. The maximum absolute atomic E-state index is 12.6. The SMILES string of the molecule is Cc1cc(Cl)cc(S(=O)c2cccc(C)c2C#N)c1. The fourth-order valence-corrected chi connectivity index (χ4v) is 3.60. The third kappa shape index (κ3) is 2.86. The van der Waals surface area contributed by atoms with Crippen LogP contribution in [0.2, 0.25) is 5.02 Å². The summed E-state index contributed by atoms with van der Waals surface area (Å²) in [6.07, 6.45) is 0. The Balaban J connectivity index is 2.57. The maximum Gasteiger partial charge on any atom is 0.101 e. The van der Waals surface area contributed by atoms with Crippen LogP contribution in [0.1, 0.15) is 16.7 Å². The molecule has 0 aromatic heterocycles. The number of benzene rings is 2. The van der Waals surface area contributed by atoms with Crippen molar-refractivity contribution in [2.75, 3.05) is 0 Å². The normalized spacial score (nSPS) is 11.9. The van der Waals surface area contributed by atoms with Crippen molar-refractivity contribution in [3.63, 3.8) is 0 Å². The number of rotatable bonds is 2. The highest BCUT2D eigenvalue weighted by Crippen LogP contribution is 2.25. The predicted octanol–water partition coefficient (Wildman–Crippen LogP) is 4.00. The first kappa shape index (κ1) is 13.8. The summed E-state index contributed by atoms with van der Waals surface area (Å²) in [6.45, 7) is 3.73. The molecule has 1 atom stereocenters. The summed E-state index contributed by atoms with van der Waals surface area (Å²) in [4.78, 5) is 1.15. The molecule has 0 spiro atoms. The first-order valence-corrected chi connectivity index (χ1v) is 7.24. The second kappa shape index (κ2) is 5.56. The van der Waals surface area contributed by atoms with Crippen LogP contribution in [0.25, 0.3) is 0 Å². The molecule has 0 saturated carbocycles. The van der Waals surface area contributed by atoms with Gasteiger partial charge >= 0.3 is 0 Å². The summed E-state index contributed by atoms with van der Waals surface area (Å²) in [5.74, 6) is 0. The van der Waals surface area contributed by atoms with Crippen molar-refractivity contribution in [2.45, 2.75) is 23.6 Å². The van der Waals surface area contributed by atoms with Gasteiger partial charge in [0.15, 0.2) is 0 Å². The minimum absolute atomic E-state index is 0.471. The van der Waals surface area contributed by atoms with E-state index in [1.807, 2.05) is 32.0 Å². The van der Waals surface area contributed by atoms with E-state index < -0.39 is 10.8 Å². The zero-order chi connectivity index (χ0) is 14.0. The van der Waals surface area contributed by atoms with Gasteiger partial charge in [0.1, 0.15) is 6.07 Å². The first-order valence-electron chi connectivity index (χ1n) is 5.71. The number of nitriles is 1. The summed E-state index contributed by atoms with van der Waals surface area (Å²) in [5, 5.41) is 9.74. The van der Waals surface area contributed by atoms with E-state index in [2.05, 4.69) is 6.07 Å². The second-order valence-corrected chi connectivity index (χ2v) is 6.18. The molecule has 0 radical (unpaired) electrons. The van der Waals surface area contributed by atoms with Crippen molar-refractivity contribution in [1.29, 1.82) is 5.26 Å². The predicted molar refractivity (Wildman–Crippen MR) is 76.8 cm³/mol. The summed E-state index contributed by atoms with van der Waals surface area (Å²) in [5.41, 5.74) is 2.24. The Morgan fingerprint density at radius 3 is 2.58 bits per heavy atom. The van der Waals surface area contributed by atoms with Crippen molar-refractivity contribution < 1.29 is 4.21 Å². The van der Waals surface area contributed by atoms with Crippen LogP contribution < -0.4 is 0 Å². The Hall–Kier alpha value is -1.63. The number of nitrogens with zero attached hydrogens (tertiary/aromatic N) is 1. The largest absolute Gasteiger partial charge is 0.249 e. The van der Waals surface area contributed by atoms with Crippen LogP contribution in [0.4, 0.5) is 0 Å². The summed E-state index contributed by atoms with van der Waals surface area (Å²) in [7, 11) is -1.40. The second-order valence-electron chi connectivity index (χ2n) is 4.29. The fraction of sp³-hybridized carbons (Fsp3) is 0.133. The lowest BCUT2D eigenvalue weighted by Crippen LogP contribution is -1.98. The molecular formula is C15H12ClNOS. The molecule has 2 nitrogen and oxygen atoms in total. The molecule has 2 aromatic carbocycles. The van der Waals surface area contributed by atoms with Crippen molar-refractivity contribution in [2.24, 2.45) is 0 Å². The van der Waals surface area contributed by atoms with Gasteiger partial charge in [-0.2, -0.15) is 5.26 Å². The number of hydrogen-bond donors (Lipinski definition) is 0. The molecule has 0 bridgehead atoms. The highest BCUT2D eigenvalue weighted by molar-refractivity contribution is 7.85. The molecule has 4 heteroatoms. The molecule has 0 fully saturated rings. The highest BCUT2D eigenvalue weighted by atomic mass is 35.5. The molecule has 96 valence electrons. The van der Waals surface area contributed by atoms with Crippen LogP contribution >= 0.6 is 11.6 Å². The Bertz CT molecular complexity index is 684. The van der Waals surface area contributed by atoms with Crippen molar-refractivity contribution in [3.8, 4) is 6.07 Å². The van der Waals surface area contributed by atoms with E-state index in [0.717, 1.165) is 11.1 Å². The molecular weight excluding hydrogens is 278 g/mol. The quantitative estimate of drug-likeness (QED) is 0.838. The van der Waals surface area contributed by atoms with Crippen LogP contribution in [0.3, 0.4) is 0 Å². The monoisotopic (exact) mass is 289 g/mol. The van der Waals surface area contributed by atoms with E-state index in [9.17, 15) is 9.47 Å². The average molecular weight is 290 g/mol. The van der Waals surface area contributed by atoms with Crippen LogP contribution in [0.5, 0.6) is 0 Å².